The van der Waals surface area contributed by atoms with Crippen LogP contribution in [-0.4, -0.2) is 30.0 Å². The second kappa shape index (κ2) is 9.70. The van der Waals surface area contributed by atoms with Crippen molar-refractivity contribution in [1.82, 2.24) is 0 Å². The summed E-state index contributed by atoms with van der Waals surface area (Å²) in [5, 5.41) is 13.5. The summed E-state index contributed by atoms with van der Waals surface area (Å²) in [6.07, 6.45) is 0. The van der Waals surface area contributed by atoms with Crippen molar-refractivity contribution in [2.24, 2.45) is 5.92 Å². The highest BCUT2D eigenvalue weighted by atomic mass is 35.5. The lowest BCUT2D eigenvalue weighted by Gasteiger charge is -2.10. The van der Waals surface area contributed by atoms with Crippen LogP contribution in [0.5, 0.6) is 5.75 Å². The van der Waals surface area contributed by atoms with E-state index < -0.39 is 23.4 Å². The van der Waals surface area contributed by atoms with E-state index in [1.54, 1.807) is 12.1 Å². The van der Waals surface area contributed by atoms with Crippen molar-refractivity contribution >= 4 is 34.9 Å². The van der Waals surface area contributed by atoms with Gasteiger partial charge in [0.2, 0.25) is 0 Å². The summed E-state index contributed by atoms with van der Waals surface area (Å²) >= 11 is 5.72. The monoisotopic (exact) mass is 406 g/mol. The Labute approximate surface area is 166 Å². The van der Waals surface area contributed by atoms with Gasteiger partial charge in [-0.3, -0.25) is 14.9 Å². The SMILES string of the molecule is CC(C)COc1cccc(C(=O)OCC(=O)Nc2ccc(Cl)cc2[N+](=O)[O-])c1. The van der Waals surface area contributed by atoms with Gasteiger partial charge in [0, 0.05) is 11.1 Å². The molecule has 2 aromatic carbocycles. The third-order valence-corrected chi connectivity index (χ3v) is 3.65. The summed E-state index contributed by atoms with van der Waals surface area (Å²) in [7, 11) is 0. The lowest BCUT2D eigenvalue weighted by Crippen LogP contribution is -2.21. The Hall–Kier alpha value is -3.13. The Morgan fingerprint density at radius 2 is 1.96 bits per heavy atom. The molecule has 1 N–H and O–H groups in total. The van der Waals surface area contributed by atoms with E-state index in [4.69, 9.17) is 21.1 Å². The maximum absolute atomic E-state index is 12.1. The van der Waals surface area contributed by atoms with Gasteiger partial charge in [-0.05, 0) is 36.2 Å². The number of ether oxygens (including phenoxy) is 2. The van der Waals surface area contributed by atoms with E-state index >= 15 is 0 Å². The van der Waals surface area contributed by atoms with Crippen molar-refractivity contribution in [2.45, 2.75) is 13.8 Å². The third kappa shape index (κ3) is 6.24. The Morgan fingerprint density at radius 1 is 1.21 bits per heavy atom. The Kier molecular flexibility index (Phi) is 7.34. The topological polar surface area (TPSA) is 108 Å². The van der Waals surface area contributed by atoms with Gasteiger partial charge in [-0.2, -0.15) is 0 Å². The predicted octanol–water partition coefficient (Wildman–Crippen LogP) is 4.08. The second-order valence-corrected chi connectivity index (χ2v) is 6.71. The zero-order valence-electron chi connectivity index (χ0n) is 15.3. The van der Waals surface area contributed by atoms with Crippen molar-refractivity contribution in [2.75, 3.05) is 18.5 Å². The molecule has 0 aliphatic heterocycles. The van der Waals surface area contributed by atoms with E-state index in [1.165, 1.54) is 24.3 Å². The Balaban J connectivity index is 1.95. The number of nitro groups is 1. The molecule has 2 rings (SSSR count). The van der Waals surface area contributed by atoms with Gasteiger partial charge in [-0.15, -0.1) is 0 Å². The lowest BCUT2D eigenvalue weighted by molar-refractivity contribution is -0.383. The van der Waals surface area contributed by atoms with E-state index in [-0.39, 0.29) is 22.0 Å². The number of esters is 1. The minimum Gasteiger partial charge on any atom is -0.493 e. The molecule has 0 saturated carbocycles. The second-order valence-electron chi connectivity index (χ2n) is 6.28. The van der Waals surface area contributed by atoms with E-state index in [1.807, 2.05) is 13.8 Å². The Morgan fingerprint density at radius 3 is 2.64 bits per heavy atom. The molecular formula is C19H19ClN2O6. The van der Waals surface area contributed by atoms with Crippen LogP contribution in [0.3, 0.4) is 0 Å². The van der Waals surface area contributed by atoms with E-state index in [9.17, 15) is 19.7 Å². The molecule has 0 aromatic heterocycles. The maximum atomic E-state index is 12.1. The molecule has 0 heterocycles. The summed E-state index contributed by atoms with van der Waals surface area (Å²) in [5.74, 6) is -0.581. The van der Waals surface area contributed by atoms with E-state index in [0.29, 0.717) is 18.3 Å². The molecule has 0 spiro atoms. The third-order valence-electron chi connectivity index (χ3n) is 3.42. The number of rotatable bonds is 8. The van der Waals surface area contributed by atoms with Gasteiger partial charge in [0.25, 0.3) is 11.6 Å². The molecule has 1 amide bonds. The highest BCUT2D eigenvalue weighted by molar-refractivity contribution is 6.31. The van der Waals surface area contributed by atoms with Gasteiger partial charge in [0.05, 0.1) is 17.1 Å². The number of anilines is 1. The van der Waals surface area contributed by atoms with Crippen LogP contribution in [0.15, 0.2) is 42.5 Å². The van der Waals surface area contributed by atoms with Crippen molar-refractivity contribution in [3.8, 4) is 5.75 Å². The summed E-state index contributed by atoms with van der Waals surface area (Å²) in [4.78, 5) is 34.5. The molecule has 28 heavy (non-hydrogen) atoms. The van der Waals surface area contributed by atoms with Gasteiger partial charge < -0.3 is 14.8 Å². The quantitative estimate of drug-likeness (QED) is 0.402. The van der Waals surface area contributed by atoms with Crippen LogP contribution in [0.2, 0.25) is 5.02 Å². The Bertz CT molecular complexity index is 884. The van der Waals surface area contributed by atoms with Crippen LogP contribution >= 0.6 is 11.6 Å². The molecule has 0 bridgehead atoms. The number of nitrogens with zero attached hydrogens (tertiary/aromatic N) is 1. The molecule has 0 saturated heterocycles. The first-order valence-electron chi connectivity index (χ1n) is 8.40. The largest absolute Gasteiger partial charge is 0.493 e. The van der Waals surface area contributed by atoms with Crippen LogP contribution in [0, 0.1) is 16.0 Å². The summed E-state index contributed by atoms with van der Waals surface area (Å²) < 4.78 is 10.5. The molecule has 2 aromatic rings. The summed E-state index contributed by atoms with van der Waals surface area (Å²) in [6, 6.07) is 10.2. The number of carbonyl (C=O) groups excluding carboxylic acids is 2. The highest BCUT2D eigenvalue weighted by Crippen LogP contribution is 2.27. The average Bonchev–Trinajstić information content (AvgIpc) is 2.66. The van der Waals surface area contributed by atoms with Gasteiger partial charge in [0.15, 0.2) is 6.61 Å². The zero-order valence-corrected chi connectivity index (χ0v) is 16.1. The number of hydrogen-bond donors (Lipinski definition) is 1. The number of benzene rings is 2. The lowest BCUT2D eigenvalue weighted by atomic mass is 10.2. The molecule has 0 aliphatic rings. The fourth-order valence-electron chi connectivity index (χ4n) is 2.14. The van der Waals surface area contributed by atoms with Crippen LogP contribution in [0.25, 0.3) is 0 Å². The molecule has 8 nitrogen and oxygen atoms in total. The maximum Gasteiger partial charge on any atom is 0.338 e. The van der Waals surface area contributed by atoms with Crippen molar-refractivity contribution < 1.29 is 24.0 Å². The van der Waals surface area contributed by atoms with E-state index in [0.717, 1.165) is 6.07 Å². The molecule has 9 heteroatoms. The first-order chi connectivity index (χ1) is 13.3. The van der Waals surface area contributed by atoms with Gasteiger partial charge in [-0.25, -0.2) is 4.79 Å². The minimum absolute atomic E-state index is 0.0421. The number of halogens is 1. The summed E-state index contributed by atoms with van der Waals surface area (Å²) in [6.45, 7) is 3.90. The number of nitrogens with one attached hydrogen (secondary N) is 1. The average molecular weight is 407 g/mol. The number of hydrogen-bond acceptors (Lipinski definition) is 6. The molecule has 0 fully saturated rings. The fraction of sp³-hybridized carbons (Fsp3) is 0.263. The van der Waals surface area contributed by atoms with Crippen LogP contribution < -0.4 is 10.1 Å². The standard InChI is InChI=1S/C19H19ClN2O6/c1-12(2)10-27-15-5-3-4-13(8-15)19(24)28-11-18(23)21-16-7-6-14(20)9-17(16)22(25)26/h3-9,12H,10-11H2,1-2H3,(H,21,23). The van der Waals surface area contributed by atoms with Gasteiger partial charge in [-0.1, -0.05) is 31.5 Å². The predicted molar refractivity (Wildman–Crippen MR) is 104 cm³/mol. The molecule has 0 aliphatic carbocycles. The van der Waals surface area contributed by atoms with Crippen molar-refractivity contribution in [3.05, 3.63) is 63.2 Å². The first kappa shape index (κ1) is 21.2. The number of nitro benzene ring substituents is 1. The fourth-order valence-corrected chi connectivity index (χ4v) is 2.30. The highest BCUT2D eigenvalue weighted by Gasteiger charge is 2.18. The smallest absolute Gasteiger partial charge is 0.338 e. The molecule has 0 unspecified atom stereocenters. The minimum atomic E-state index is -0.717. The van der Waals surface area contributed by atoms with Gasteiger partial charge in [0.1, 0.15) is 11.4 Å². The number of carbonyl (C=O) groups is 2. The van der Waals surface area contributed by atoms with Crippen molar-refractivity contribution in [3.63, 3.8) is 0 Å². The normalized spacial score (nSPS) is 10.4. The number of amides is 1. The zero-order chi connectivity index (χ0) is 20.7. The summed E-state index contributed by atoms with van der Waals surface area (Å²) in [5.41, 5.74) is -0.173. The first-order valence-corrected chi connectivity index (χ1v) is 8.78. The molecule has 0 atom stereocenters. The van der Waals surface area contributed by atoms with Crippen molar-refractivity contribution in [1.29, 1.82) is 0 Å². The molecule has 0 radical (unpaired) electrons. The van der Waals surface area contributed by atoms with Crippen LogP contribution in [0.1, 0.15) is 24.2 Å². The van der Waals surface area contributed by atoms with Crippen LogP contribution in [-0.2, 0) is 9.53 Å². The molecular weight excluding hydrogens is 388 g/mol. The van der Waals surface area contributed by atoms with Crippen LogP contribution in [0.4, 0.5) is 11.4 Å². The van der Waals surface area contributed by atoms with E-state index in [2.05, 4.69) is 5.32 Å². The molecule has 148 valence electrons. The van der Waals surface area contributed by atoms with Gasteiger partial charge >= 0.3 is 5.97 Å².